The summed E-state index contributed by atoms with van der Waals surface area (Å²) in [7, 11) is -1.56. The molecule has 0 aliphatic heterocycles. The smallest absolute Gasteiger partial charge is 0.218 e. The number of thioether (sulfide) groups is 1. The summed E-state index contributed by atoms with van der Waals surface area (Å²) in [6.07, 6.45) is 4.50. The molecule has 0 aromatic heterocycles. The van der Waals surface area contributed by atoms with Crippen molar-refractivity contribution >= 4 is 21.8 Å². The van der Waals surface area contributed by atoms with Gasteiger partial charge in [-0.3, -0.25) is 0 Å². The fraction of sp³-hybridized carbons (Fsp3) is 0.600. The van der Waals surface area contributed by atoms with E-state index in [2.05, 4.69) is 5.32 Å². The molecule has 4 nitrogen and oxygen atoms in total. The second kappa shape index (κ2) is 7.63. The minimum atomic E-state index is -3.22. The van der Waals surface area contributed by atoms with Crippen LogP contribution >= 0.6 is 11.8 Å². The molecule has 0 saturated heterocycles. The van der Waals surface area contributed by atoms with Gasteiger partial charge in [0.25, 0.3) is 0 Å². The summed E-state index contributed by atoms with van der Waals surface area (Å²) in [5, 5.41) is 3.45. The zero-order valence-corrected chi connectivity index (χ0v) is 14.3. The predicted octanol–water partition coefficient (Wildman–Crippen LogP) is 2.06. The molecule has 1 saturated carbocycles. The molecule has 118 valence electrons. The highest BCUT2D eigenvalue weighted by molar-refractivity contribution is 7.98. The quantitative estimate of drug-likeness (QED) is 0.754. The van der Waals surface area contributed by atoms with Crippen LogP contribution in [-0.4, -0.2) is 44.4 Å². The first kappa shape index (κ1) is 16.8. The van der Waals surface area contributed by atoms with E-state index < -0.39 is 10.0 Å². The van der Waals surface area contributed by atoms with Crippen LogP contribution in [0.5, 0.6) is 0 Å². The Balaban J connectivity index is 1.95. The third-order valence-electron chi connectivity index (χ3n) is 3.60. The van der Waals surface area contributed by atoms with E-state index in [1.165, 1.54) is 17.1 Å². The Labute approximate surface area is 132 Å². The topological polar surface area (TPSA) is 49.4 Å². The van der Waals surface area contributed by atoms with E-state index in [4.69, 9.17) is 0 Å². The number of hydrogen-bond acceptors (Lipinski definition) is 4. The second-order valence-corrected chi connectivity index (χ2v) is 8.61. The average molecular weight is 329 g/mol. The third kappa shape index (κ3) is 5.62. The third-order valence-corrected chi connectivity index (χ3v) is 6.02. The number of benzene rings is 1. The Kier molecular flexibility index (Phi) is 6.10. The predicted molar refractivity (Wildman–Crippen MR) is 89.9 cm³/mol. The van der Waals surface area contributed by atoms with Crippen molar-refractivity contribution in [1.29, 1.82) is 0 Å². The van der Waals surface area contributed by atoms with Crippen molar-refractivity contribution < 1.29 is 8.42 Å². The lowest BCUT2D eigenvalue weighted by atomic mass is 10.1. The molecule has 0 unspecified atom stereocenters. The van der Waals surface area contributed by atoms with E-state index in [1.807, 2.05) is 30.5 Å². The molecule has 0 spiro atoms. The van der Waals surface area contributed by atoms with E-state index in [0.29, 0.717) is 12.6 Å². The van der Waals surface area contributed by atoms with Crippen LogP contribution in [-0.2, 0) is 22.3 Å². The first-order valence-electron chi connectivity index (χ1n) is 7.25. The number of nitrogens with zero attached hydrogens (tertiary/aromatic N) is 1. The Bertz CT molecular complexity index is 557. The van der Waals surface area contributed by atoms with Crippen LogP contribution in [0.2, 0.25) is 0 Å². The van der Waals surface area contributed by atoms with Gasteiger partial charge in [-0.15, -0.1) is 0 Å². The number of nitrogens with one attached hydrogen (secondary N) is 1. The maximum atomic E-state index is 12.3. The average Bonchev–Trinajstić information content (AvgIpc) is 3.26. The molecule has 2 rings (SSSR count). The Morgan fingerprint density at radius 2 is 2.05 bits per heavy atom. The van der Waals surface area contributed by atoms with Crippen LogP contribution in [0.3, 0.4) is 0 Å². The van der Waals surface area contributed by atoms with Gasteiger partial charge in [-0.2, -0.15) is 11.8 Å². The van der Waals surface area contributed by atoms with Crippen molar-refractivity contribution in [2.45, 2.75) is 31.2 Å². The van der Waals surface area contributed by atoms with Crippen molar-refractivity contribution in [3.63, 3.8) is 0 Å². The molecule has 0 radical (unpaired) electrons. The normalized spacial score (nSPS) is 15.6. The zero-order valence-electron chi connectivity index (χ0n) is 12.7. The summed E-state index contributed by atoms with van der Waals surface area (Å²) in [5.41, 5.74) is 2.02. The summed E-state index contributed by atoms with van der Waals surface area (Å²) < 4.78 is 26.0. The molecule has 0 bridgehead atoms. The second-order valence-electron chi connectivity index (χ2n) is 5.55. The van der Waals surface area contributed by atoms with Gasteiger partial charge in [0, 0.05) is 31.9 Å². The van der Waals surface area contributed by atoms with Crippen molar-refractivity contribution in [2.24, 2.45) is 0 Å². The van der Waals surface area contributed by atoms with Crippen molar-refractivity contribution in [3.8, 4) is 0 Å². The van der Waals surface area contributed by atoms with Crippen LogP contribution in [0.15, 0.2) is 24.3 Å². The van der Waals surface area contributed by atoms with Gasteiger partial charge >= 0.3 is 0 Å². The van der Waals surface area contributed by atoms with E-state index in [9.17, 15) is 8.42 Å². The molecule has 0 atom stereocenters. The van der Waals surface area contributed by atoms with E-state index in [1.54, 1.807) is 18.8 Å². The van der Waals surface area contributed by atoms with Gasteiger partial charge in [0.2, 0.25) is 10.0 Å². The molecule has 0 heterocycles. The van der Waals surface area contributed by atoms with Crippen LogP contribution in [0.1, 0.15) is 24.0 Å². The Morgan fingerprint density at radius 3 is 2.71 bits per heavy atom. The van der Waals surface area contributed by atoms with E-state index >= 15 is 0 Å². The fourth-order valence-electron chi connectivity index (χ4n) is 2.06. The highest BCUT2D eigenvalue weighted by Crippen LogP contribution is 2.19. The molecule has 1 aliphatic carbocycles. The molecule has 1 aromatic rings. The molecule has 21 heavy (non-hydrogen) atoms. The lowest BCUT2D eigenvalue weighted by Crippen LogP contribution is -2.30. The van der Waals surface area contributed by atoms with Crippen LogP contribution in [0.4, 0.5) is 0 Å². The molecular weight excluding hydrogens is 304 g/mol. The first-order valence-corrected chi connectivity index (χ1v) is 10.3. The SMILES string of the molecule is CSCCN(C)S(=O)(=O)Cc1cccc(CNC2CC2)c1. The molecule has 6 heteroatoms. The number of sulfonamides is 1. The molecule has 1 fully saturated rings. The Morgan fingerprint density at radius 1 is 1.33 bits per heavy atom. The van der Waals surface area contributed by atoms with Gasteiger partial charge in [-0.1, -0.05) is 24.3 Å². The van der Waals surface area contributed by atoms with Gasteiger partial charge < -0.3 is 5.32 Å². The van der Waals surface area contributed by atoms with Crippen molar-refractivity contribution in [1.82, 2.24) is 9.62 Å². The van der Waals surface area contributed by atoms with Crippen LogP contribution in [0.25, 0.3) is 0 Å². The minimum Gasteiger partial charge on any atom is -0.310 e. The molecule has 0 amide bonds. The standard InChI is InChI=1S/C15H24N2O2S2/c1-17(8-9-20-2)21(18,19)12-14-5-3-4-13(10-14)11-16-15-6-7-15/h3-5,10,15-16H,6-9,11-12H2,1-2H3. The summed E-state index contributed by atoms with van der Waals surface area (Å²) >= 11 is 1.66. The molecule has 1 N–H and O–H groups in total. The van der Waals surface area contributed by atoms with E-state index in [-0.39, 0.29) is 5.75 Å². The van der Waals surface area contributed by atoms with Crippen molar-refractivity contribution in [2.75, 3.05) is 25.6 Å². The maximum Gasteiger partial charge on any atom is 0.218 e. The zero-order chi connectivity index (χ0) is 15.3. The highest BCUT2D eigenvalue weighted by Gasteiger charge is 2.20. The van der Waals surface area contributed by atoms with Crippen LogP contribution in [0, 0.1) is 0 Å². The lowest BCUT2D eigenvalue weighted by Gasteiger charge is -2.17. The highest BCUT2D eigenvalue weighted by atomic mass is 32.2. The maximum absolute atomic E-state index is 12.3. The summed E-state index contributed by atoms with van der Waals surface area (Å²) in [6.45, 7) is 1.38. The van der Waals surface area contributed by atoms with Gasteiger partial charge in [0.15, 0.2) is 0 Å². The fourth-order valence-corrected chi connectivity index (χ4v) is 3.82. The lowest BCUT2D eigenvalue weighted by molar-refractivity contribution is 0.487. The summed E-state index contributed by atoms with van der Waals surface area (Å²) in [4.78, 5) is 0. The van der Waals surface area contributed by atoms with Crippen LogP contribution < -0.4 is 5.32 Å². The van der Waals surface area contributed by atoms with Gasteiger partial charge in [0.05, 0.1) is 5.75 Å². The monoisotopic (exact) mass is 328 g/mol. The first-order chi connectivity index (χ1) is 10.0. The number of hydrogen-bond donors (Lipinski definition) is 1. The number of rotatable bonds is 9. The Hall–Kier alpha value is -0.560. The minimum absolute atomic E-state index is 0.0785. The molecule has 1 aromatic carbocycles. The largest absolute Gasteiger partial charge is 0.310 e. The van der Waals surface area contributed by atoms with Crippen molar-refractivity contribution in [3.05, 3.63) is 35.4 Å². The summed E-state index contributed by atoms with van der Waals surface area (Å²) in [5.74, 6) is 0.899. The van der Waals surface area contributed by atoms with E-state index in [0.717, 1.165) is 23.4 Å². The summed E-state index contributed by atoms with van der Waals surface area (Å²) in [6, 6.07) is 8.53. The molecule has 1 aliphatic rings. The molecular formula is C15H24N2O2S2. The van der Waals surface area contributed by atoms with Gasteiger partial charge in [-0.25, -0.2) is 12.7 Å². The van der Waals surface area contributed by atoms with Gasteiger partial charge in [0.1, 0.15) is 0 Å². The van der Waals surface area contributed by atoms with Gasteiger partial charge in [-0.05, 0) is 30.2 Å².